The van der Waals surface area contributed by atoms with E-state index in [0.717, 1.165) is 141 Å². The first-order chi connectivity index (χ1) is 29.5. The van der Waals surface area contributed by atoms with Crippen LogP contribution < -0.4 is 0 Å². The molecule has 0 fully saturated rings. The first-order valence-electron chi connectivity index (χ1n) is 23.6. The number of rotatable bonds is 40. The molecule has 0 aromatic carbocycles. The van der Waals surface area contributed by atoms with Crippen molar-refractivity contribution in [1.29, 1.82) is 0 Å². The van der Waals surface area contributed by atoms with Crippen LogP contribution in [0.15, 0.2) is 122 Å². The van der Waals surface area contributed by atoms with E-state index in [1.54, 1.807) is 0 Å². The molecule has 0 bridgehead atoms. The van der Waals surface area contributed by atoms with Gasteiger partial charge in [0.2, 0.25) is 0 Å². The zero-order chi connectivity index (χ0) is 43.7. The molecule has 1 unspecified atom stereocenters. The lowest BCUT2D eigenvalue weighted by Gasteiger charge is -2.18. The number of hydrogen-bond donors (Lipinski definition) is 0. The highest BCUT2D eigenvalue weighted by Crippen LogP contribution is 2.12. The predicted molar refractivity (Wildman–Crippen MR) is 256 cm³/mol. The number of esters is 3. The first kappa shape index (κ1) is 55.8. The molecule has 336 valence electrons. The van der Waals surface area contributed by atoms with Gasteiger partial charge in [0, 0.05) is 19.3 Å². The molecule has 0 saturated heterocycles. The molecule has 0 radical (unpaired) electrons. The van der Waals surface area contributed by atoms with Gasteiger partial charge in [0.05, 0.1) is 0 Å². The molecule has 6 heteroatoms. The molecule has 0 aliphatic rings. The second-order valence-electron chi connectivity index (χ2n) is 15.0. The number of ether oxygens (including phenoxy) is 3. The summed E-state index contributed by atoms with van der Waals surface area (Å²) in [7, 11) is 0. The summed E-state index contributed by atoms with van der Waals surface area (Å²) < 4.78 is 16.7. The van der Waals surface area contributed by atoms with E-state index >= 15 is 0 Å². The minimum atomic E-state index is -0.813. The third-order valence-electron chi connectivity index (χ3n) is 9.31. The molecule has 0 saturated carbocycles. The fraction of sp³-hybridized carbons (Fsp3) is 0.574. The molecule has 6 nitrogen and oxygen atoms in total. The van der Waals surface area contributed by atoms with E-state index in [9.17, 15) is 14.4 Å². The second-order valence-corrected chi connectivity index (χ2v) is 15.0. The number of hydrogen-bond acceptors (Lipinski definition) is 6. The summed E-state index contributed by atoms with van der Waals surface area (Å²) >= 11 is 0. The minimum absolute atomic E-state index is 0.112. The third-order valence-corrected chi connectivity index (χ3v) is 9.31. The van der Waals surface area contributed by atoms with E-state index < -0.39 is 6.10 Å². The Morgan fingerprint density at radius 1 is 0.350 bits per heavy atom. The van der Waals surface area contributed by atoms with Crippen molar-refractivity contribution in [3.05, 3.63) is 122 Å². The highest BCUT2D eigenvalue weighted by molar-refractivity contribution is 5.71. The molecular weight excluding hydrogens is 745 g/mol. The van der Waals surface area contributed by atoms with Gasteiger partial charge in [-0.3, -0.25) is 14.4 Å². The molecule has 0 N–H and O–H groups in total. The summed E-state index contributed by atoms with van der Waals surface area (Å²) in [4.78, 5) is 37.8. The molecule has 60 heavy (non-hydrogen) atoms. The molecule has 0 aromatic rings. The maximum atomic E-state index is 12.7. The Balaban J connectivity index is 4.53. The van der Waals surface area contributed by atoms with E-state index in [2.05, 4.69) is 130 Å². The van der Waals surface area contributed by atoms with Crippen molar-refractivity contribution < 1.29 is 28.6 Å². The molecule has 0 amide bonds. The Morgan fingerprint density at radius 3 is 1.13 bits per heavy atom. The Kier molecular flexibility index (Phi) is 44.2. The van der Waals surface area contributed by atoms with Gasteiger partial charge in [-0.15, -0.1) is 0 Å². The van der Waals surface area contributed by atoms with Gasteiger partial charge in [0.1, 0.15) is 13.2 Å². The van der Waals surface area contributed by atoms with E-state index in [-0.39, 0.29) is 37.5 Å². The topological polar surface area (TPSA) is 78.9 Å². The van der Waals surface area contributed by atoms with Crippen LogP contribution in [-0.2, 0) is 28.6 Å². The van der Waals surface area contributed by atoms with Crippen molar-refractivity contribution in [3.8, 4) is 0 Å². The number of carbonyl (C=O) groups excluding carboxylic acids is 3. The largest absolute Gasteiger partial charge is 0.462 e. The Bertz CT molecular complexity index is 1320. The van der Waals surface area contributed by atoms with Crippen LogP contribution in [0.4, 0.5) is 0 Å². The summed E-state index contributed by atoms with van der Waals surface area (Å²) in [6, 6.07) is 0. The van der Waals surface area contributed by atoms with Crippen LogP contribution in [-0.4, -0.2) is 37.2 Å². The fourth-order valence-electron chi connectivity index (χ4n) is 5.84. The quantitative estimate of drug-likeness (QED) is 0.0201. The molecule has 0 rings (SSSR count). The average Bonchev–Trinajstić information content (AvgIpc) is 3.24. The SMILES string of the molecule is CC/C=C/C=C/C=C/CCCCCCCC(=O)OCC(COC(=O)CCCCC/C=C/C/C=C/C/C=C/C/C=C/CC)OC(=O)CCCCCCC/C=C/C=C/C=C/CC. The van der Waals surface area contributed by atoms with E-state index in [0.29, 0.717) is 12.8 Å². The van der Waals surface area contributed by atoms with Crippen LogP contribution in [0.2, 0.25) is 0 Å². The van der Waals surface area contributed by atoms with E-state index in [1.807, 2.05) is 12.2 Å². The standard InChI is InChI=1S/C54H84O6/c1-4-7-10-13-16-19-22-25-26-27-30-32-35-38-41-44-47-53(56)59-50-51(60-54(57)48-45-42-39-36-33-29-24-21-18-15-12-9-6-3)49-58-52(55)46-43-40-37-34-31-28-23-20-17-14-11-8-5-2/h7-12,14-21,23-26,30,32,51H,4-6,13,22,27-29,31,33-50H2,1-3H3/b10-7+,11-8+,12-9+,17-14+,18-15+,19-16+,23-20+,24-21+,26-25+,32-30+. The van der Waals surface area contributed by atoms with Gasteiger partial charge in [-0.05, 0) is 96.3 Å². The van der Waals surface area contributed by atoms with Crippen molar-refractivity contribution in [2.24, 2.45) is 0 Å². The number of unbranched alkanes of at least 4 members (excludes halogenated alkanes) is 13. The van der Waals surface area contributed by atoms with Crippen LogP contribution in [0.5, 0.6) is 0 Å². The van der Waals surface area contributed by atoms with Crippen LogP contribution in [0.3, 0.4) is 0 Å². The molecule has 0 aromatic heterocycles. The average molecular weight is 829 g/mol. The van der Waals surface area contributed by atoms with Crippen LogP contribution >= 0.6 is 0 Å². The maximum absolute atomic E-state index is 12.7. The third kappa shape index (κ3) is 44.9. The molecule has 0 spiro atoms. The second kappa shape index (κ2) is 47.5. The Labute approximate surface area is 367 Å². The zero-order valence-electron chi connectivity index (χ0n) is 38.2. The molecule has 0 heterocycles. The molecule has 0 aliphatic heterocycles. The molecule has 1 atom stereocenters. The van der Waals surface area contributed by atoms with E-state index in [1.165, 1.54) is 0 Å². The molecular formula is C54H84O6. The summed E-state index contributed by atoms with van der Waals surface area (Å²) in [6.07, 6.45) is 64.6. The van der Waals surface area contributed by atoms with Gasteiger partial charge in [-0.2, -0.15) is 0 Å². The molecule has 0 aliphatic carbocycles. The lowest BCUT2D eigenvalue weighted by atomic mass is 10.1. The monoisotopic (exact) mass is 829 g/mol. The van der Waals surface area contributed by atoms with Crippen LogP contribution in [0, 0.1) is 0 Å². The van der Waals surface area contributed by atoms with E-state index in [4.69, 9.17) is 14.2 Å². The van der Waals surface area contributed by atoms with Crippen molar-refractivity contribution in [2.75, 3.05) is 13.2 Å². The van der Waals surface area contributed by atoms with Crippen LogP contribution in [0.1, 0.15) is 181 Å². The van der Waals surface area contributed by atoms with Gasteiger partial charge in [-0.1, -0.05) is 187 Å². The zero-order valence-corrected chi connectivity index (χ0v) is 38.2. The normalized spacial score (nSPS) is 13.2. The van der Waals surface area contributed by atoms with Crippen molar-refractivity contribution in [1.82, 2.24) is 0 Å². The maximum Gasteiger partial charge on any atom is 0.306 e. The van der Waals surface area contributed by atoms with Gasteiger partial charge in [-0.25, -0.2) is 0 Å². The summed E-state index contributed by atoms with van der Waals surface area (Å²) in [5, 5.41) is 0. The van der Waals surface area contributed by atoms with Gasteiger partial charge < -0.3 is 14.2 Å². The predicted octanol–water partition coefficient (Wildman–Crippen LogP) is 15.4. The van der Waals surface area contributed by atoms with Crippen LogP contribution in [0.25, 0.3) is 0 Å². The van der Waals surface area contributed by atoms with Crippen molar-refractivity contribution in [2.45, 2.75) is 187 Å². The highest BCUT2D eigenvalue weighted by Gasteiger charge is 2.19. The number of carbonyl (C=O) groups is 3. The Morgan fingerprint density at radius 2 is 0.683 bits per heavy atom. The van der Waals surface area contributed by atoms with Gasteiger partial charge >= 0.3 is 17.9 Å². The highest BCUT2D eigenvalue weighted by atomic mass is 16.6. The Hall–Kier alpha value is -4.19. The number of allylic oxidation sites excluding steroid dienone is 20. The fourth-order valence-corrected chi connectivity index (χ4v) is 5.84. The smallest absolute Gasteiger partial charge is 0.306 e. The van der Waals surface area contributed by atoms with Crippen molar-refractivity contribution >= 4 is 17.9 Å². The van der Waals surface area contributed by atoms with Crippen molar-refractivity contribution in [3.63, 3.8) is 0 Å². The first-order valence-corrected chi connectivity index (χ1v) is 23.6. The van der Waals surface area contributed by atoms with Gasteiger partial charge in [0.25, 0.3) is 0 Å². The summed E-state index contributed by atoms with van der Waals surface area (Å²) in [5.41, 5.74) is 0. The summed E-state index contributed by atoms with van der Waals surface area (Å²) in [6.45, 7) is 6.16. The summed E-state index contributed by atoms with van der Waals surface area (Å²) in [5.74, 6) is -0.996. The lowest BCUT2D eigenvalue weighted by Crippen LogP contribution is -2.30. The lowest BCUT2D eigenvalue weighted by molar-refractivity contribution is -0.167. The minimum Gasteiger partial charge on any atom is -0.462 e. The van der Waals surface area contributed by atoms with Gasteiger partial charge in [0.15, 0.2) is 6.10 Å².